The fraction of sp³-hybridized carbons (Fsp3) is 0.556. The van der Waals surface area contributed by atoms with Crippen molar-refractivity contribution < 1.29 is 18.1 Å². The Bertz CT molecular complexity index is 275. The van der Waals surface area contributed by atoms with Crippen LogP contribution in [0, 0.1) is 0 Å². The molecule has 0 aromatic heterocycles. The molecule has 0 aromatic rings. The summed E-state index contributed by atoms with van der Waals surface area (Å²) in [5.41, 5.74) is 0.782. The summed E-state index contributed by atoms with van der Waals surface area (Å²) >= 11 is 0. The lowest BCUT2D eigenvalue weighted by molar-refractivity contribution is 0.109. The molecule has 0 radical (unpaired) electrons. The molecule has 0 fully saturated rings. The maximum absolute atomic E-state index is 11.8. The van der Waals surface area contributed by atoms with Crippen LogP contribution in [-0.2, 0) is 18.1 Å². The summed E-state index contributed by atoms with van der Waals surface area (Å²) in [5, 5.41) is 0. The summed E-state index contributed by atoms with van der Waals surface area (Å²) in [6, 6.07) is 0. The average molecular weight is 218 g/mol. The minimum Gasteiger partial charge on any atom is -0.287 e. The van der Waals surface area contributed by atoms with Gasteiger partial charge in [-0.15, -0.1) is 0 Å². The summed E-state index contributed by atoms with van der Waals surface area (Å²) in [4.78, 5) is 0. The van der Waals surface area contributed by atoms with Crippen molar-refractivity contribution in [2.45, 2.75) is 20.0 Å². The molecule has 1 aliphatic carbocycles. The first kappa shape index (κ1) is 11.7. The van der Waals surface area contributed by atoms with Gasteiger partial charge in [0.05, 0.1) is 13.2 Å². The standard InChI is InChI=1S/C9H15O4P/c1-4-11-14(10,12-5-2)13-9-7-6-8(9)3/h6-7,9H,3-5H2,1-2H3. The number of hydrogen-bond acceptors (Lipinski definition) is 4. The van der Waals surface area contributed by atoms with Gasteiger partial charge in [0, 0.05) is 0 Å². The lowest BCUT2D eigenvalue weighted by atomic mass is 10.0. The van der Waals surface area contributed by atoms with Crippen molar-refractivity contribution in [3.05, 3.63) is 24.3 Å². The summed E-state index contributed by atoms with van der Waals surface area (Å²) in [5.74, 6) is 0. The second kappa shape index (κ2) is 4.89. The molecule has 0 bridgehead atoms. The minimum atomic E-state index is -3.39. The summed E-state index contributed by atoms with van der Waals surface area (Å²) in [6.45, 7) is 7.76. The van der Waals surface area contributed by atoms with Crippen LogP contribution in [0.5, 0.6) is 0 Å². The predicted molar refractivity (Wildman–Crippen MR) is 54.0 cm³/mol. The van der Waals surface area contributed by atoms with Gasteiger partial charge in [-0.2, -0.15) is 0 Å². The largest absolute Gasteiger partial charge is 0.475 e. The van der Waals surface area contributed by atoms with Gasteiger partial charge >= 0.3 is 7.82 Å². The zero-order valence-electron chi connectivity index (χ0n) is 8.43. The summed E-state index contributed by atoms with van der Waals surface area (Å²) in [6.07, 6.45) is 3.22. The van der Waals surface area contributed by atoms with Gasteiger partial charge < -0.3 is 0 Å². The van der Waals surface area contributed by atoms with E-state index in [1.54, 1.807) is 26.0 Å². The van der Waals surface area contributed by atoms with E-state index >= 15 is 0 Å². The van der Waals surface area contributed by atoms with Crippen molar-refractivity contribution in [1.82, 2.24) is 0 Å². The molecule has 1 rings (SSSR count). The molecule has 0 aromatic carbocycles. The van der Waals surface area contributed by atoms with Crippen molar-refractivity contribution in [2.75, 3.05) is 13.2 Å². The van der Waals surface area contributed by atoms with Crippen LogP contribution in [0.1, 0.15) is 13.8 Å². The normalized spacial score (nSPS) is 21.0. The average Bonchev–Trinajstić information content (AvgIpc) is 2.13. The third-order valence-electron chi connectivity index (χ3n) is 1.67. The molecular formula is C9H15O4P. The molecule has 0 aliphatic heterocycles. The molecule has 80 valence electrons. The number of rotatable bonds is 6. The molecule has 0 heterocycles. The Kier molecular flexibility index (Phi) is 4.08. The van der Waals surface area contributed by atoms with E-state index in [0.29, 0.717) is 13.2 Å². The van der Waals surface area contributed by atoms with Crippen LogP contribution in [0.3, 0.4) is 0 Å². The Morgan fingerprint density at radius 2 is 2.00 bits per heavy atom. The topological polar surface area (TPSA) is 44.8 Å². The molecule has 0 amide bonds. The predicted octanol–water partition coefficient (Wildman–Crippen LogP) is 2.68. The molecule has 4 nitrogen and oxygen atoms in total. The highest BCUT2D eigenvalue weighted by molar-refractivity contribution is 7.48. The lowest BCUT2D eigenvalue weighted by Crippen LogP contribution is -2.18. The van der Waals surface area contributed by atoms with E-state index in [-0.39, 0.29) is 6.10 Å². The first-order valence-electron chi connectivity index (χ1n) is 4.56. The van der Waals surface area contributed by atoms with Gasteiger partial charge in [-0.05, 0) is 19.4 Å². The van der Waals surface area contributed by atoms with Gasteiger partial charge in [0.15, 0.2) is 0 Å². The maximum Gasteiger partial charge on any atom is 0.475 e. The quantitative estimate of drug-likeness (QED) is 0.643. The second-order valence-electron chi connectivity index (χ2n) is 2.74. The molecule has 0 spiro atoms. The van der Waals surface area contributed by atoms with Gasteiger partial charge in [-0.25, -0.2) is 4.57 Å². The van der Waals surface area contributed by atoms with Gasteiger partial charge in [0.1, 0.15) is 6.10 Å². The zero-order chi connectivity index (χ0) is 10.6. The van der Waals surface area contributed by atoms with Gasteiger partial charge in [-0.3, -0.25) is 13.6 Å². The van der Waals surface area contributed by atoms with Crippen LogP contribution in [0.25, 0.3) is 0 Å². The summed E-state index contributed by atoms with van der Waals surface area (Å²) < 4.78 is 26.9. The Labute approximate surface area is 84.2 Å². The highest BCUT2D eigenvalue weighted by Crippen LogP contribution is 2.52. The molecule has 1 aliphatic rings. The molecule has 14 heavy (non-hydrogen) atoms. The Morgan fingerprint density at radius 3 is 2.29 bits per heavy atom. The monoisotopic (exact) mass is 218 g/mol. The Morgan fingerprint density at radius 1 is 1.43 bits per heavy atom. The van der Waals surface area contributed by atoms with E-state index in [2.05, 4.69) is 6.58 Å². The molecule has 0 saturated carbocycles. The highest BCUT2D eigenvalue weighted by Gasteiger charge is 2.31. The maximum atomic E-state index is 11.8. The minimum absolute atomic E-state index is 0.292. The van der Waals surface area contributed by atoms with Crippen LogP contribution in [0.4, 0.5) is 0 Å². The van der Waals surface area contributed by atoms with Crippen LogP contribution in [0.2, 0.25) is 0 Å². The third-order valence-corrected chi connectivity index (χ3v) is 3.30. The van der Waals surface area contributed by atoms with E-state index in [9.17, 15) is 4.57 Å². The van der Waals surface area contributed by atoms with E-state index in [1.165, 1.54) is 0 Å². The number of phosphoric ester groups is 1. The van der Waals surface area contributed by atoms with Crippen molar-refractivity contribution in [1.29, 1.82) is 0 Å². The van der Waals surface area contributed by atoms with Crippen molar-refractivity contribution in [3.8, 4) is 0 Å². The van der Waals surface area contributed by atoms with Gasteiger partial charge in [0.2, 0.25) is 0 Å². The molecule has 0 N–H and O–H groups in total. The Hall–Kier alpha value is -0.410. The van der Waals surface area contributed by atoms with E-state index in [1.807, 2.05) is 0 Å². The summed E-state index contributed by atoms with van der Waals surface area (Å²) in [7, 11) is -3.39. The van der Waals surface area contributed by atoms with Crippen molar-refractivity contribution >= 4 is 7.82 Å². The molecule has 1 unspecified atom stereocenters. The number of hydrogen-bond donors (Lipinski definition) is 0. The fourth-order valence-electron chi connectivity index (χ4n) is 0.967. The highest BCUT2D eigenvalue weighted by atomic mass is 31.2. The Balaban J connectivity index is 2.55. The molecular weight excluding hydrogens is 203 g/mol. The first-order chi connectivity index (χ1) is 6.61. The van der Waals surface area contributed by atoms with Gasteiger partial charge in [0.25, 0.3) is 0 Å². The number of phosphoric acid groups is 1. The van der Waals surface area contributed by atoms with Crippen molar-refractivity contribution in [3.63, 3.8) is 0 Å². The van der Waals surface area contributed by atoms with Gasteiger partial charge in [-0.1, -0.05) is 18.7 Å². The zero-order valence-corrected chi connectivity index (χ0v) is 9.33. The smallest absolute Gasteiger partial charge is 0.287 e. The van der Waals surface area contributed by atoms with Crippen LogP contribution < -0.4 is 0 Å². The lowest BCUT2D eigenvalue weighted by Gasteiger charge is -2.25. The fourth-order valence-corrected chi connectivity index (χ4v) is 2.28. The molecule has 0 saturated heterocycles. The third kappa shape index (κ3) is 2.79. The molecule has 1 atom stereocenters. The van der Waals surface area contributed by atoms with E-state index in [4.69, 9.17) is 13.6 Å². The van der Waals surface area contributed by atoms with E-state index < -0.39 is 7.82 Å². The first-order valence-corrected chi connectivity index (χ1v) is 6.02. The molecule has 5 heteroatoms. The van der Waals surface area contributed by atoms with Crippen molar-refractivity contribution in [2.24, 2.45) is 0 Å². The second-order valence-corrected chi connectivity index (χ2v) is 4.36. The van der Waals surface area contributed by atoms with Crippen LogP contribution in [0.15, 0.2) is 24.3 Å². The van der Waals surface area contributed by atoms with Crippen LogP contribution >= 0.6 is 7.82 Å². The van der Waals surface area contributed by atoms with Crippen LogP contribution in [-0.4, -0.2) is 19.3 Å². The SMILES string of the molecule is C=C1C=CC1OP(=O)(OCC)OCC. The van der Waals surface area contributed by atoms with E-state index in [0.717, 1.165) is 5.57 Å².